The average Bonchev–Trinajstić information content (AvgIpc) is 2.98. The summed E-state index contributed by atoms with van der Waals surface area (Å²) in [5.74, 6) is 0.161. The second kappa shape index (κ2) is 5.73. The molecule has 1 aromatic carbocycles. The molecule has 25 heavy (non-hydrogen) atoms. The second-order valence-electron chi connectivity index (χ2n) is 6.09. The third-order valence-electron chi connectivity index (χ3n) is 4.62. The number of aromatic nitrogens is 2. The van der Waals surface area contributed by atoms with E-state index in [2.05, 4.69) is 15.3 Å². The molecule has 0 saturated carbocycles. The highest BCUT2D eigenvalue weighted by Gasteiger charge is 2.25. The smallest absolute Gasteiger partial charge is 0.407 e. The number of hydrogen-bond acceptors (Lipinski definition) is 6. The zero-order chi connectivity index (χ0) is 17.6. The van der Waals surface area contributed by atoms with E-state index in [0.29, 0.717) is 31.0 Å². The summed E-state index contributed by atoms with van der Waals surface area (Å²) in [6.45, 7) is 2.94. The Bertz CT molecular complexity index is 896. The molecule has 4 rings (SSSR count). The van der Waals surface area contributed by atoms with Crippen molar-refractivity contribution in [2.75, 3.05) is 11.9 Å². The van der Waals surface area contributed by atoms with Crippen LogP contribution in [0.25, 0.3) is 0 Å². The Kier molecular flexibility index (Phi) is 3.52. The molecule has 1 amide bonds. The third kappa shape index (κ3) is 2.65. The van der Waals surface area contributed by atoms with Crippen LogP contribution in [0.15, 0.2) is 18.3 Å². The molecule has 0 spiro atoms. The van der Waals surface area contributed by atoms with Crippen molar-refractivity contribution in [3.63, 3.8) is 0 Å². The molecule has 8 heteroatoms. The Hall–Kier alpha value is -3.16. The van der Waals surface area contributed by atoms with E-state index in [9.17, 15) is 9.59 Å². The van der Waals surface area contributed by atoms with Gasteiger partial charge in [-0.25, -0.2) is 19.6 Å². The minimum atomic E-state index is -0.932. The molecule has 0 unspecified atom stereocenters. The first-order valence-corrected chi connectivity index (χ1v) is 7.92. The number of nitrogens with one attached hydrogen (secondary N) is 1. The maximum Gasteiger partial charge on any atom is 0.407 e. The average molecular weight is 340 g/mol. The summed E-state index contributed by atoms with van der Waals surface area (Å²) in [5.41, 5.74) is 4.91. The van der Waals surface area contributed by atoms with Crippen LogP contribution in [0.3, 0.4) is 0 Å². The summed E-state index contributed by atoms with van der Waals surface area (Å²) >= 11 is 0. The van der Waals surface area contributed by atoms with Crippen LogP contribution < -0.4 is 5.32 Å². The lowest BCUT2D eigenvalue weighted by Crippen LogP contribution is -2.35. The van der Waals surface area contributed by atoms with E-state index in [0.717, 1.165) is 28.1 Å². The van der Waals surface area contributed by atoms with Crippen molar-refractivity contribution in [1.82, 2.24) is 14.9 Å². The molecule has 2 aromatic rings. The third-order valence-corrected chi connectivity index (χ3v) is 4.62. The van der Waals surface area contributed by atoms with Gasteiger partial charge in [-0.05, 0) is 24.6 Å². The summed E-state index contributed by atoms with van der Waals surface area (Å²) in [6.07, 6.45) is 1.29. The minimum Gasteiger partial charge on any atom is -0.465 e. The summed E-state index contributed by atoms with van der Waals surface area (Å²) in [5, 5.41) is 12.3. The van der Waals surface area contributed by atoms with Gasteiger partial charge in [0, 0.05) is 36.0 Å². The van der Waals surface area contributed by atoms with Crippen LogP contribution >= 0.6 is 0 Å². The molecule has 0 atom stereocenters. The van der Waals surface area contributed by atoms with E-state index in [1.165, 1.54) is 4.90 Å². The quantitative estimate of drug-likeness (QED) is 0.808. The molecular weight excluding hydrogens is 324 g/mol. The fourth-order valence-corrected chi connectivity index (χ4v) is 3.15. The molecule has 0 saturated heterocycles. The van der Waals surface area contributed by atoms with Crippen molar-refractivity contribution >= 4 is 23.7 Å². The number of rotatable bonds is 2. The van der Waals surface area contributed by atoms with Gasteiger partial charge in [0.05, 0.1) is 17.8 Å². The summed E-state index contributed by atoms with van der Waals surface area (Å²) in [7, 11) is 0. The van der Waals surface area contributed by atoms with Crippen LogP contribution in [-0.4, -0.2) is 38.6 Å². The van der Waals surface area contributed by atoms with Gasteiger partial charge in [0.1, 0.15) is 6.61 Å². The topological polar surface area (TPSA) is 105 Å². The van der Waals surface area contributed by atoms with Gasteiger partial charge in [0.15, 0.2) is 0 Å². The molecule has 2 aliphatic rings. The summed E-state index contributed by atoms with van der Waals surface area (Å²) < 4.78 is 5.06. The van der Waals surface area contributed by atoms with Crippen LogP contribution in [0.5, 0.6) is 0 Å². The molecule has 8 nitrogen and oxygen atoms in total. The number of carbonyl (C=O) groups is 2. The zero-order valence-corrected chi connectivity index (χ0v) is 13.6. The number of carbonyl (C=O) groups excluding carboxylic acids is 1. The monoisotopic (exact) mass is 340 g/mol. The van der Waals surface area contributed by atoms with Gasteiger partial charge in [-0.3, -0.25) is 0 Å². The largest absolute Gasteiger partial charge is 0.465 e. The summed E-state index contributed by atoms with van der Waals surface area (Å²) in [4.78, 5) is 32.8. The number of anilines is 2. The molecule has 2 aliphatic heterocycles. The molecule has 0 radical (unpaired) electrons. The zero-order valence-electron chi connectivity index (χ0n) is 13.6. The van der Waals surface area contributed by atoms with Gasteiger partial charge in [-0.1, -0.05) is 0 Å². The second-order valence-corrected chi connectivity index (χ2v) is 6.09. The van der Waals surface area contributed by atoms with E-state index in [4.69, 9.17) is 9.84 Å². The van der Waals surface area contributed by atoms with Crippen LogP contribution in [0, 0.1) is 6.92 Å². The molecule has 128 valence electrons. The Morgan fingerprint density at radius 2 is 2.24 bits per heavy atom. The molecule has 1 aromatic heterocycles. The SMILES string of the molecule is Cc1c(Nc2ncc3c(n2)CCN(C(=O)O)C3)ccc2c1COC2=O. The van der Waals surface area contributed by atoms with Crippen LogP contribution in [-0.2, 0) is 24.3 Å². The number of benzene rings is 1. The molecule has 2 N–H and O–H groups in total. The molecule has 0 fully saturated rings. The van der Waals surface area contributed by atoms with Gasteiger partial charge in [0.2, 0.25) is 5.95 Å². The van der Waals surface area contributed by atoms with Gasteiger partial charge in [0.25, 0.3) is 0 Å². The first kappa shape index (κ1) is 15.4. The Morgan fingerprint density at radius 1 is 1.40 bits per heavy atom. The van der Waals surface area contributed by atoms with Gasteiger partial charge < -0.3 is 20.1 Å². The number of cyclic esters (lactones) is 1. The van der Waals surface area contributed by atoms with Gasteiger partial charge >= 0.3 is 12.1 Å². The Labute approximate surface area is 143 Å². The van der Waals surface area contributed by atoms with Crippen molar-refractivity contribution in [3.8, 4) is 0 Å². The lowest BCUT2D eigenvalue weighted by atomic mass is 10.0. The van der Waals surface area contributed by atoms with Gasteiger partial charge in [-0.15, -0.1) is 0 Å². The Balaban J connectivity index is 1.59. The van der Waals surface area contributed by atoms with Gasteiger partial charge in [-0.2, -0.15) is 0 Å². The van der Waals surface area contributed by atoms with Crippen LogP contribution in [0.4, 0.5) is 16.4 Å². The number of nitrogens with zero attached hydrogens (tertiary/aromatic N) is 3. The first-order valence-electron chi connectivity index (χ1n) is 7.92. The number of amides is 1. The van der Waals surface area contributed by atoms with Crippen LogP contribution in [0.2, 0.25) is 0 Å². The fraction of sp³-hybridized carbons (Fsp3) is 0.294. The lowest BCUT2D eigenvalue weighted by Gasteiger charge is -2.25. The van der Waals surface area contributed by atoms with E-state index in [1.807, 2.05) is 13.0 Å². The van der Waals surface area contributed by atoms with E-state index < -0.39 is 6.09 Å². The minimum absolute atomic E-state index is 0.283. The molecule has 3 heterocycles. The van der Waals surface area contributed by atoms with Crippen molar-refractivity contribution in [2.24, 2.45) is 0 Å². The molecular formula is C17H16N4O4. The highest BCUT2D eigenvalue weighted by Crippen LogP contribution is 2.30. The van der Waals surface area contributed by atoms with E-state index in [1.54, 1.807) is 12.3 Å². The number of esters is 1. The van der Waals surface area contributed by atoms with E-state index in [-0.39, 0.29) is 12.6 Å². The predicted octanol–water partition coefficient (Wildman–Crippen LogP) is 2.24. The standard InChI is InChI=1S/C17H16N4O4/c1-9-12-8-25-15(22)11(12)2-3-13(9)19-16-18-6-10-7-21(17(23)24)5-4-14(10)20-16/h2-3,6H,4-5,7-8H2,1H3,(H,23,24)(H,18,19,20). The van der Waals surface area contributed by atoms with Crippen molar-refractivity contribution in [3.05, 3.63) is 46.3 Å². The summed E-state index contributed by atoms with van der Waals surface area (Å²) in [6, 6.07) is 3.55. The van der Waals surface area contributed by atoms with E-state index >= 15 is 0 Å². The van der Waals surface area contributed by atoms with Crippen molar-refractivity contribution in [2.45, 2.75) is 26.5 Å². The fourth-order valence-electron chi connectivity index (χ4n) is 3.15. The highest BCUT2D eigenvalue weighted by atomic mass is 16.5. The lowest BCUT2D eigenvalue weighted by molar-refractivity contribution is 0.0535. The van der Waals surface area contributed by atoms with Crippen molar-refractivity contribution < 1.29 is 19.4 Å². The Morgan fingerprint density at radius 3 is 3.04 bits per heavy atom. The number of ether oxygens (including phenoxy) is 1. The maximum atomic E-state index is 11.6. The van der Waals surface area contributed by atoms with Crippen LogP contribution in [0.1, 0.15) is 32.7 Å². The predicted molar refractivity (Wildman–Crippen MR) is 87.8 cm³/mol. The normalized spacial score (nSPS) is 15.4. The number of carboxylic acid groups (broad SMARTS) is 1. The maximum absolute atomic E-state index is 11.6. The first-order chi connectivity index (χ1) is 12.0. The molecule has 0 bridgehead atoms. The number of hydrogen-bond donors (Lipinski definition) is 2. The highest BCUT2D eigenvalue weighted by molar-refractivity contribution is 5.94. The van der Waals surface area contributed by atoms with Crippen molar-refractivity contribution in [1.29, 1.82) is 0 Å². The number of fused-ring (bicyclic) bond motifs is 2. The molecule has 0 aliphatic carbocycles.